The third-order valence-corrected chi connectivity index (χ3v) is 2.91. The Morgan fingerprint density at radius 1 is 1.59 bits per heavy atom. The number of aromatic nitrogens is 2. The number of hydrogen-bond donors (Lipinski definition) is 1. The van der Waals surface area contributed by atoms with Gasteiger partial charge in [0.25, 0.3) is 0 Å². The molecule has 6 nitrogen and oxygen atoms in total. The first-order valence-electron chi connectivity index (χ1n) is 5.68. The number of anilines is 1. The van der Waals surface area contributed by atoms with E-state index in [2.05, 4.69) is 14.9 Å². The van der Waals surface area contributed by atoms with Crippen molar-refractivity contribution in [2.75, 3.05) is 38.3 Å². The van der Waals surface area contributed by atoms with Crippen molar-refractivity contribution in [3.8, 4) is 5.88 Å². The first-order valence-corrected chi connectivity index (χ1v) is 5.68. The van der Waals surface area contributed by atoms with Crippen LogP contribution < -0.4 is 15.4 Å². The van der Waals surface area contributed by atoms with Crippen LogP contribution in [0.1, 0.15) is 5.56 Å². The van der Waals surface area contributed by atoms with Gasteiger partial charge in [-0.15, -0.1) is 0 Å². The summed E-state index contributed by atoms with van der Waals surface area (Å²) >= 11 is 0. The number of ether oxygens (including phenoxy) is 2. The van der Waals surface area contributed by atoms with Gasteiger partial charge in [0.2, 0.25) is 5.88 Å². The van der Waals surface area contributed by atoms with Gasteiger partial charge in [-0.2, -0.15) is 0 Å². The second-order valence-electron chi connectivity index (χ2n) is 4.01. The highest BCUT2D eigenvalue weighted by molar-refractivity contribution is 5.50. The van der Waals surface area contributed by atoms with Crippen LogP contribution in [-0.4, -0.2) is 49.4 Å². The Balaban J connectivity index is 2.21. The summed E-state index contributed by atoms with van der Waals surface area (Å²) in [5.41, 5.74) is 6.58. The maximum absolute atomic E-state index is 5.63. The molecule has 2 N–H and O–H groups in total. The Hall–Kier alpha value is -1.40. The Kier molecular flexibility index (Phi) is 3.75. The van der Waals surface area contributed by atoms with Gasteiger partial charge in [-0.05, 0) is 6.92 Å². The Bertz CT molecular complexity index is 386. The van der Waals surface area contributed by atoms with Gasteiger partial charge < -0.3 is 20.1 Å². The summed E-state index contributed by atoms with van der Waals surface area (Å²) < 4.78 is 10.7. The van der Waals surface area contributed by atoms with Gasteiger partial charge in [-0.25, -0.2) is 9.97 Å². The summed E-state index contributed by atoms with van der Waals surface area (Å²) in [5.74, 6) is 1.52. The molecule has 0 spiro atoms. The molecule has 1 saturated heterocycles. The first kappa shape index (κ1) is 12.1. The van der Waals surface area contributed by atoms with Crippen molar-refractivity contribution in [2.24, 2.45) is 5.73 Å². The second kappa shape index (κ2) is 5.29. The van der Waals surface area contributed by atoms with Crippen molar-refractivity contribution in [3.05, 3.63) is 11.9 Å². The SMILES string of the molecule is COc1ncnc(N2CCOC(CN)C2)c1C. The lowest BCUT2D eigenvalue weighted by Crippen LogP contribution is -2.46. The molecule has 0 saturated carbocycles. The zero-order valence-corrected chi connectivity index (χ0v) is 10.2. The molecule has 2 rings (SSSR count). The van der Waals surface area contributed by atoms with Gasteiger partial charge >= 0.3 is 0 Å². The van der Waals surface area contributed by atoms with Crippen LogP contribution in [0.25, 0.3) is 0 Å². The van der Waals surface area contributed by atoms with E-state index in [0.29, 0.717) is 19.0 Å². The Morgan fingerprint density at radius 3 is 3.12 bits per heavy atom. The minimum Gasteiger partial charge on any atom is -0.481 e. The van der Waals surface area contributed by atoms with Crippen LogP contribution in [0, 0.1) is 6.92 Å². The summed E-state index contributed by atoms with van der Waals surface area (Å²) in [4.78, 5) is 10.6. The predicted molar refractivity (Wildman–Crippen MR) is 64.3 cm³/mol. The molecular formula is C11H18N4O2. The molecule has 0 bridgehead atoms. The fraction of sp³-hybridized carbons (Fsp3) is 0.636. The van der Waals surface area contributed by atoms with E-state index in [9.17, 15) is 0 Å². The van der Waals surface area contributed by atoms with E-state index >= 15 is 0 Å². The monoisotopic (exact) mass is 238 g/mol. The van der Waals surface area contributed by atoms with Gasteiger partial charge in [0, 0.05) is 19.6 Å². The molecule has 0 aromatic carbocycles. The van der Waals surface area contributed by atoms with E-state index in [4.69, 9.17) is 15.2 Å². The molecule has 1 atom stereocenters. The van der Waals surface area contributed by atoms with Gasteiger partial charge in [-0.3, -0.25) is 0 Å². The number of rotatable bonds is 3. The van der Waals surface area contributed by atoms with Crippen molar-refractivity contribution in [3.63, 3.8) is 0 Å². The molecule has 1 fully saturated rings. The van der Waals surface area contributed by atoms with Crippen molar-refractivity contribution < 1.29 is 9.47 Å². The standard InChI is InChI=1S/C11H18N4O2/c1-8-10(13-7-14-11(8)16-2)15-3-4-17-9(5-12)6-15/h7,9H,3-6,12H2,1-2H3. The normalized spacial score (nSPS) is 20.4. The molecule has 1 aliphatic rings. The molecule has 6 heteroatoms. The second-order valence-corrected chi connectivity index (χ2v) is 4.01. The predicted octanol–water partition coefficient (Wildman–Crippen LogP) is -0.0425. The van der Waals surface area contributed by atoms with Crippen molar-refractivity contribution >= 4 is 5.82 Å². The fourth-order valence-corrected chi connectivity index (χ4v) is 2.00. The molecule has 0 radical (unpaired) electrons. The van der Waals surface area contributed by atoms with Crippen molar-refractivity contribution in [1.82, 2.24) is 9.97 Å². The molecule has 94 valence electrons. The summed E-state index contributed by atoms with van der Waals surface area (Å²) in [5, 5.41) is 0. The minimum absolute atomic E-state index is 0.0733. The summed E-state index contributed by atoms with van der Waals surface area (Å²) in [6.45, 7) is 4.74. The topological polar surface area (TPSA) is 73.5 Å². The van der Waals surface area contributed by atoms with Gasteiger partial charge in [0.1, 0.15) is 12.1 Å². The Labute approximate surface area is 101 Å². The van der Waals surface area contributed by atoms with Crippen LogP contribution in [0.5, 0.6) is 5.88 Å². The lowest BCUT2D eigenvalue weighted by Gasteiger charge is -2.33. The maximum atomic E-state index is 5.63. The van der Waals surface area contributed by atoms with E-state index in [1.54, 1.807) is 7.11 Å². The first-order chi connectivity index (χ1) is 8.26. The quantitative estimate of drug-likeness (QED) is 0.796. The van der Waals surface area contributed by atoms with E-state index in [-0.39, 0.29) is 6.10 Å². The number of hydrogen-bond acceptors (Lipinski definition) is 6. The van der Waals surface area contributed by atoms with E-state index in [1.807, 2.05) is 6.92 Å². The molecule has 0 aliphatic carbocycles. The summed E-state index contributed by atoms with van der Waals surface area (Å²) in [6.07, 6.45) is 1.60. The highest BCUT2D eigenvalue weighted by Gasteiger charge is 2.22. The average molecular weight is 238 g/mol. The Morgan fingerprint density at radius 2 is 2.41 bits per heavy atom. The zero-order chi connectivity index (χ0) is 12.3. The maximum Gasteiger partial charge on any atom is 0.221 e. The van der Waals surface area contributed by atoms with Crippen LogP contribution in [0.2, 0.25) is 0 Å². The van der Waals surface area contributed by atoms with E-state index < -0.39 is 0 Å². The number of nitrogens with zero attached hydrogens (tertiary/aromatic N) is 3. The molecule has 1 aromatic rings. The largest absolute Gasteiger partial charge is 0.481 e. The van der Waals surface area contributed by atoms with Crippen LogP contribution in [0.3, 0.4) is 0 Å². The molecule has 2 heterocycles. The number of nitrogens with two attached hydrogens (primary N) is 1. The van der Waals surface area contributed by atoms with Gasteiger partial charge in [-0.1, -0.05) is 0 Å². The lowest BCUT2D eigenvalue weighted by atomic mass is 10.2. The van der Waals surface area contributed by atoms with Crippen LogP contribution in [-0.2, 0) is 4.74 Å². The molecule has 1 aromatic heterocycles. The number of morpholine rings is 1. The van der Waals surface area contributed by atoms with Crippen molar-refractivity contribution in [2.45, 2.75) is 13.0 Å². The van der Waals surface area contributed by atoms with Crippen molar-refractivity contribution in [1.29, 1.82) is 0 Å². The number of methoxy groups -OCH3 is 1. The zero-order valence-electron chi connectivity index (χ0n) is 10.2. The molecule has 17 heavy (non-hydrogen) atoms. The molecular weight excluding hydrogens is 220 g/mol. The minimum atomic E-state index is 0.0733. The third kappa shape index (κ3) is 2.48. The molecule has 1 unspecified atom stereocenters. The lowest BCUT2D eigenvalue weighted by molar-refractivity contribution is 0.0462. The molecule has 0 amide bonds. The third-order valence-electron chi connectivity index (χ3n) is 2.91. The smallest absolute Gasteiger partial charge is 0.221 e. The van der Waals surface area contributed by atoms with Crippen LogP contribution in [0.4, 0.5) is 5.82 Å². The van der Waals surface area contributed by atoms with E-state index in [0.717, 1.165) is 24.5 Å². The van der Waals surface area contributed by atoms with Gasteiger partial charge in [0.15, 0.2) is 0 Å². The summed E-state index contributed by atoms with van der Waals surface area (Å²) in [7, 11) is 1.61. The van der Waals surface area contributed by atoms with Gasteiger partial charge in [0.05, 0.1) is 25.4 Å². The molecule has 1 aliphatic heterocycles. The average Bonchev–Trinajstić information content (AvgIpc) is 2.39. The van der Waals surface area contributed by atoms with Crippen LogP contribution in [0.15, 0.2) is 6.33 Å². The summed E-state index contributed by atoms with van der Waals surface area (Å²) in [6, 6.07) is 0. The van der Waals surface area contributed by atoms with Crippen LogP contribution >= 0.6 is 0 Å². The highest BCUT2D eigenvalue weighted by Crippen LogP contribution is 2.24. The fourth-order valence-electron chi connectivity index (χ4n) is 2.00. The highest BCUT2D eigenvalue weighted by atomic mass is 16.5. The van der Waals surface area contributed by atoms with E-state index in [1.165, 1.54) is 6.33 Å².